The maximum absolute atomic E-state index is 12.7. The van der Waals surface area contributed by atoms with E-state index >= 15 is 0 Å². The van der Waals surface area contributed by atoms with Gasteiger partial charge in [-0.3, -0.25) is 0 Å². The molecule has 2 nitrogen and oxygen atoms in total. The fourth-order valence-electron chi connectivity index (χ4n) is 0.769. The zero-order valence-corrected chi connectivity index (χ0v) is 6.60. The van der Waals surface area contributed by atoms with Crippen molar-refractivity contribution in [2.45, 2.75) is 0 Å². The van der Waals surface area contributed by atoms with E-state index in [4.69, 9.17) is 0 Å². The van der Waals surface area contributed by atoms with Crippen molar-refractivity contribution in [3.63, 3.8) is 0 Å². The van der Waals surface area contributed by atoms with E-state index < -0.39 is 24.1 Å². The molecule has 0 unspecified atom stereocenters. The molecule has 13 heavy (non-hydrogen) atoms. The first-order valence-electron chi connectivity index (χ1n) is 3.34. The number of ether oxygens (including phenoxy) is 1. The molecule has 0 N–H and O–H groups in total. The molecule has 0 saturated heterocycles. The van der Waals surface area contributed by atoms with Gasteiger partial charge < -0.3 is 17.7 Å². The summed E-state index contributed by atoms with van der Waals surface area (Å²) >= 11 is 0. The van der Waals surface area contributed by atoms with Crippen LogP contribution in [0.4, 0.5) is 17.3 Å². The van der Waals surface area contributed by atoms with Gasteiger partial charge in [0.1, 0.15) is 0 Å². The zero-order chi connectivity index (χ0) is 10.1. The molecular weight excluding hydrogens is 189 g/mol. The lowest BCUT2D eigenvalue weighted by atomic mass is 9.81. The van der Waals surface area contributed by atoms with Crippen LogP contribution >= 0.6 is 0 Å². The number of methoxy groups -OCH3 is 1. The number of pyridine rings is 1. The molecule has 0 amide bonds. The van der Waals surface area contributed by atoms with E-state index in [1.807, 2.05) is 0 Å². The van der Waals surface area contributed by atoms with Crippen molar-refractivity contribution < 1.29 is 22.1 Å². The lowest BCUT2D eigenvalue weighted by Gasteiger charge is -2.14. The number of nitrogens with zero attached hydrogens (tertiary/aromatic N) is 1. The van der Waals surface area contributed by atoms with Crippen molar-refractivity contribution >= 4 is 12.4 Å². The SMILES string of the molecule is COc1ncc([B-](F)(F)F)cc1F. The predicted molar refractivity (Wildman–Crippen MR) is 39.5 cm³/mol. The highest BCUT2D eigenvalue weighted by atomic mass is 19.4. The van der Waals surface area contributed by atoms with Crippen LogP contribution in [-0.4, -0.2) is 19.1 Å². The summed E-state index contributed by atoms with van der Waals surface area (Å²) < 4.78 is 53.1. The minimum atomic E-state index is -5.20. The van der Waals surface area contributed by atoms with Crippen LogP contribution in [0.3, 0.4) is 0 Å². The Morgan fingerprint density at radius 2 is 2.00 bits per heavy atom. The summed E-state index contributed by atoms with van der Waals surface area (Å²) in [7, 11) is 1.13. The van der Waals surface area contributed by atoms with Crippen LogP contribution in [0.15, 0.2) is 12.3 Å². The summed E-state index contributed by atoms with van der Waals surface area (Å²) in [5.41, 5.74) is -1.07. The standard InChI is InChI=1S/C6H5BF4NO/c1-13-6-5(8)2-4(3-12-6)7(9,10)11/h2-3H,1H3/q-1. The molecule has 1 aromatic rings. The van der Waals surface area contributed by atoms with E-state index in [1.54, 1.807) is 0 Å². The quantitative estimate of drug-likeness (QED) is 0.522. The second-order valence-electron chi connectivity index (χ2n) is 2.33. The zero-order valence-electron chi connectivity index (χ0n) is 6.60. The molecule has 0 aliphatic carbocycles. The van der Waals surface area contributed by atoms with E-state index in [1.165, 1.54) is 0 Å². The van der Waals surface area contributed by atoms with Gasteiger partial charge in [-0.05, 0) is 6.07 Å². The summed E-state index contributed by atoms with van der Waals surface area (Å²) in [6.07, 6.45) is 0.544. The Morgan fingerprint density at radius 3 is 2.38 bits per heavy atom. The first kappa shape index (κ1) is 9.82. The van der Waals surface area contributed by atoms with Crippen molar-refractivity contribution in [1.82, 2.24) is 4.98 Å². The van der Waals surface area contributed by atoms with Crippen molar-refractivity contribution in [2.75, 3.05) is 7.11 Å². The van der Waals surface area contributed by atoms with Gasteiger partial charge in [0.15, 0.2) is 5.82 Å². The molecule has 0 aromatic carbocycles. The lowest BCUT2D eigenvalue weighted by molar-refractivity contribution is 0.369. The predicted octanol–water partition coefficient (Wildman–Crippen LogP) is 1.28. The van der Waals surface area contributed by atoms with E-state index in [0.29, 0.717) is 12.3 Å². The molecular formula is C6H5BF4NO-. The van der Waals surface area contributed by atoms with Crippen molar-refractivity contribution in [2.24, 2.45) is 0 Å². The van der Waals surface area contributed by atoms with Crippen LogP contribution in [0.5, 0.6) is 5.88 Å². The van der Waals surface area contributed by atoms with Crippen LogP contribution in [0.25, 0.3) is 0 Å². The number of hydrogen-bond acceptors (Lipinski definition) is 2. The summed E-state index contributed by atoms with van der Waals surface area (Å²) in [6.45, 7) is -5.20. The van der Waals surface area contributed by atoms with E-state index in [0.717, 1.165) is 7.11 Å². The van der Waals surface area contributed by atoms with Gasteiger partial charge in [0.25, 0.3) is 0 Å². The Kier molecular flexibility index (Phi) is 2.44. The van der Waals surface area contributed by atoms with Crippen LogP contribution in [0.2, 0.25) is 0 Å². The largest absolute Gasteiger partial charge is 0.511 e. The molecule has 0 saturated carbocycles. The molecule has 0 aliphatic heterocycles. The normalized spacial score (nSPS) is 11.5. The van der Waals surface area contributed by atoms with Gasteiger partial charge in [-0.1, -0.05) is 5.46 Å². The van der Waals surface area contributed by atoms with E-state index in [2.05, 4.69) is 9.72 Å². The van der Waals surface area contributed by atoms with Crippen LogP contribution in [0.1, 0.15) is 0 Å². The first-order chi connectivity index (χ1) is 5.95. The van der Waals surface area contributed by atoms with Crippen molar-refractivity contribution in [3.8, 4) is 5.88 Å². The van der Waals surface area contributed by atoms with E-state index in [9.17, 15) is 17.3 Å². The molecule has 0 spiro atoms. The highest BCUT2D eigenvalue weighted by Gasteiger charge is 2.27. The Balaban J connectivity index is 3.10. The number of halogens is 4. The maximum atomic E-state index is 12.7. The summed E-state index contributed by atoms with van der Waals surface area (Å²) in [5, 5.41) is 0. The highest BCUT2D eigenvalue weighted by Crippen LogP contribution is 2.14. The number of hydrogen-bond donors (Lipinski definition) is 0. The number of aromatic nitrogens is 1. The van der Waals surface area contributed by atoms with Crippen molar-refractivity contribution in [3.05, 3.63) is 18.1 Å². The molecule has 72 valence electrons. The summed E-state index contributed by atoms with van der Waals surface area (Å²) in [5.74, 6) is -1.55. The third kappa shape index (κ3) is 2.10. The fourth-order valence-corrected chi connectivity index (χ4v) is 0.769. The molecule has 0 bridgehead atoms. The number of rotatable bonds is 2. The molecule has 0 atom stereocenters. The molecule has 0 aliphatic rings. The van der Waals surface area contributed by atoms with Crippen LogP contribution in [-0.2, 0) is 0 Å². The summed E-state index contributed by atoms with van der Waals surface area (Å²) in [4.78, 5) is 3.16. The third-order valence-electron chi connectivity index (χ3n) is 1.40. The molecule has 1 heterocycles. The molecule has 0 fully saturated rings. The Morgan fingerprint density at radius 1 is 1.38 bits per heavy atom. The summed E-state index contributed by atoms with van der Waals surface area (Å²) in [6, 6.07) is 0.367. The average molecular weight is 194 g/mol. The maximum Gasteiger partial charge on any atom is 0.511 e. The second-order valence-corrected chi connectivity index (χ2v) is 2.33. The van der Waals surface area contributed by atoms with Gasteiger partial charge in [0.05, 0.1) is 7.11 Å². The van der Waals surface area contributed by atoms with E-state index in [-0.39, 0.29) is 0 Å². The lowest BCUT2D eigenvalue weighted by Crippen LogP contribution is -2.34. The van der Waals surface area contributed by atoms with Crippen molar-refractivity contribution in [1.29, 1.82) is 0 Å². The van der Waals surface area contributed by atoms with Crippen LogP contribution in [0, 0.1) is 5.82 Å². The monoisotopic (exact) mass is 194 g/mol. The Labute approximate surface area is 71.6 Å². The minimum absolute atomic E-state index is 0.367. The Hall–Kier alpha value is -1.27. The molecule has 1 aromatic heterocycles. The van der Waals surface area contributed by atoms with Gasteiger partial charge in [-0.25, -0.2) is 9.37 Å². The minimum Gasteiger partial charge on any atom is -0.479 e. The van der Waals surface area contributed by atoms with Gasteiger partial charge in [0, 0.05) is 6.20 Å². The topological polar surface area (TPSA) is 22.1 Å². The first-order valence-corrected chi connectivity index (χ1v) is 3.34. The molecule has 1 rings (SSSR count). The molecule has 0 radical (unpaired) electrons. The second kappa shape index (κ2) is 3.23. The smallest absolute Gasteiger partial charge is 0.479 e. The molecule has 7 heteroatoms. The van der Waals surface area contributed by atoms with Gasteiger partial charge in [0.2, 0.25) is 5.88 Å². The van der Waals surface area contributed by atoms with Gasteiger partial charge in [-0.15, -0.1) is 0 Å². The average Bonchev–Trinajstić information content (AvgIpc) is 2.02. The van der Waals surface area contributed by atoms with Crippen LogP contribution < -0.4 is 10.2 Å². The highest BCUT2D eigenvalue weighted by molar-refractivity contribution is 6.73. The van der Waals surface area contributed by atoms with Gasteiger partial charge in [-0.2, -0.15) is 0 Å². The fraction of sp³-hybridized carbons (Fsp3) is 0.167. The Bertz CT molecular complexity index is 314. The van der Waals surface area contributed by atoms with Gasteiger partial charge >= 0.3 is 6.98 Å². The third-order valence-corrected chi connectivity index (χ3v) is 1.40.